The van der Waals surface area contributed by atoms with Crippen molar-refractivity contribution in [3.8, 4) is 5.75 Å². The first-order chi connectivity index (χ1) is 10.2. The van der Waals surface area contributed by atoms with Crippen LogP contribution >= 0.6 is 0 Å². The third-order valence-corrected chi connectivity index (χ3v) is 4.23. The summed E-state index contributed by atoms with van der Waals surface area (Å²) in [5.74, 6) is 1.04. The van der Waals surface area contributed by atoms with Crippen molar-refractivity contribution in [2.24, 2.45) is 0 Å². The fraction of sp³-hybridized carbons (Fsp3) is 0.368. The van der Waals surface area contributed by atoms with Gasteiger partial charge in [-0.05, 0) is 43.1 Å². The lowest BCUT2D eigenvalue weighted by molar-refractivity contribution is 0.179. The van der Waals surface area contributed by atoms with Crippen LogP contribution in [0.5, 0.6) is 5.75 Å². The Labute approximate surface area is 127 Å². The molecule has 1 N–H and O–H groups in total. The summed E-state index contributed by atoms with van der Waals surface area (Å²) in [5, 5.41) is 3.61. The van der Waals surface area contributed by atoms with Gasteiger partial charge < -0.3 is 10.1 Å². The molecule has 2 unspecified atom stereocenters. The van der Waals surface area contributed by atoms with Crippen molar-refractivity contribution in [1.29, 1.82) is 0 Å². The maximum Gasteiger partial charge on any atom is 0.123 e. The predicted octanol–water partition coefficient (Wildman–Crippen LogP) is 3.96. The Morgan fingerprint density at radius 2 is 2.00 bits per heavy atom. The van der Waals surface area contributed by atoms with Crippen LogP contribution in [-0.2, 0) is 6.42 Å². The van der Waals surface area contributed by atoms with Gasteiger partial charge in [0.1, 0.15) is 11.9 Å². The third-order valence-electron chi connectivity index (χ3n) is 4.23. The van der Waals surface area contributed by atoms with Crippen molar-refractivity contribution >= 4 is 0 Å². The summed E-state index contributed by atoms with van der Waals surface area (Å²) in [6, 6.07) is 15.3. The Balaban J connectivity index is 1.89. The molecular formula is C19H23NO. The van der Waals surface area contributed by atoms with Crippen molar-refractivity contribution in [3.05, 3.63) is 64.7 Å². The lowest BCUT2D eigenvalue weighted by Gasteiger charge is -2.26. The molecule has 1 aliphatic rings. The average molecular weight is 281 g/mol. The van der Waals surface area contributed by atoms with Gasteiger partial charge in [-0.2, -0.15) is 0 Å². The molecule has 2 nitrogen and oxygen atoms in total. The maximum atomic E-state index is 6.20. The van der Waals surface area contributed by atoms with Crippen LogP contribution in [0.25, 0.3) is 0 Å². The van der Waals surface area contributed by atoms with E-state index in [0.29, 0.717) is 0 Å². The van der Waals surface area contributed by atoms with Crippen LogP contribution in [-0.4, -0.2) is 12.6 Å². The summed E-state index contributed by atoms with van der Waals surface area (Å²) in [7, 11) is 0. The number of para-hydroxylation sites is 1. The van der Waals surface area contributed by atoms with Gasteiger partial charge in [0.25, 0.3) is 0 Å². The summed E-state index contributed by atoms with van der Waals surface area (Å²) in [6.07, 6.45) is 1.14. The number of ether oxygens (including phenoxy) is 1. The standard InChI is InChI=1S/C19H23NO/c1-4-20-19(16-10-9-13(2)11-14(16)3)18-12-15-7-5-6-8-17(15)21-18/h5-11,18-20H,4,12H2,1-3H3. The highest BCUT2D eigenvalue weighted by molar-refractivity contribution is 5.40. The first-order valence-corrected chi connectivity index (χ1v) is 7.74. The monoisotopic (exact) mass is 281 g/mol. The fourth-order valence-electron chi connectivity index (χ4n) is 3.23. The second-order valence-electron chi connectivity index (χ2n) is 5.86. The molecule has 0 fully saturated rings. The van der Waals surface area contributed by atoms with Gasteiger partial charge in [0.05, 0.1) is 6.04 Å². The number of nitrogens with one attached hydrogen (secondary N) is 1. The van der Waals surface area contributed by atoms with Crippen molar-refractivity contribution in [3.63, 3.8) is 0 Å². The van der Waals surface area contributed by atoms with E-state index in [4.69, 9.17) is 4.74 Å². The number of rotatable bonds is 4. The molecule has 21 heavy (non-hydrogen) atoms. The summed E-state index contributed by atoms with van der Waals surface area (Å²) >= 11 is 0. The Morgan fingerprint density at radius 3 is 2.71 bits per heavy atom. The summed E-state index contributed by atoms with van der Waals surface area (Å²) in [6.45, 7) is 7.42. The minimum Gasteiger partial charge on any atom is -0.488 e. The number of hydrogen-bond acceptors (Lipinski definition) is 2. The zero-order valence-corrected chi connectivity index (χ0v) is 13.0. The van der Waals surface area contributed by atoms with E-state index in [1.54, 1.807) is 0 Å². The van der Waals surface area contributed by atoms with Gasteiger partial charge in [-0.25, -0.2) is 0 Å². The molecule has 3 rings (SSSR count). The minimum atomic E-state index is 0.170. The van der Waals surface area contributed by atoms with Crippen LogP contribution in [0.15, 0.2) is 42.5 Å². The van der Waals surface area contributed by atoms with E-state index in [1.807, 2.05) is 6.07 Å². The molecule has 0 bridgehead atoms. The van der Waals surface area contributed by atoms with E-state index < -0.39 is 0 Å². The quantitative estimate of drug-likeness (QED) is 0.916. The third kappa shape index (κ3) is 2.81. The van der Waals surface area contributed by atoms with Crippen LogP contribution in [0.4, 0.5) is 0 Å². The van der Waals surface area contributed by atoms with Crippen LogP contribution in [0.2, 0.25) is 0 Å². The molecule has 2 aromatic carbocycles. The molecule has 110 valence electrons. The zero-order chi connectivity index (χ0) is 14.8. The largest absolute Gasteiger partial charge is 0.488 e. The van der Waals surface area contributed by atoms with E-state index >= 15 is 0 Å². The predicted molar refractivity (Wildman–Crippen MR) is 86.9 cm³/mol. The van der Waals surface area contributed by atoms with Gasteiger partial charge >= 0.3 is 0 Å². The molecule has 0 aliphatic carbocycles. The molecule has 1 heterocycles. The van der Waals surface area contributed by atoms with E-state index in [2.05, 4.69) is 62.5 Å². The summed E-state index contributed by atoms with van der Waals surface area (Å²) < 4.78 is 6.20. The Morgan fingerprint density at radius 1 is 1.19 bits per heavy atom. The molecule has 0 saturated heterocycles. The maximum absolute atomic E-state index is 6.20. The first-order valence-electron chi connectivity index (χ1n) is 7.74. The van der Waals surface area contributed by atoms with Gasteiger partial charge in [-0.1, -0.05) is 48.9 Å². The van der Waals surface area contributed by atoms with E-state index in [0.717, 1.165) is 18.7 Å². The molecule has 0 amide bonds. The van der Waals surface area contributed by atoms with Crippen molar-refractivity contribution < 1.29 is 4.74 Å². The SMILES string of the molecule is CCNC(c1ccc(C)cc1C)C1Cc2ccccc2O1. The van der Waals surface area contributed by atoms with Crippen LogP contribution in [0.1, 0.15) is 35.2 Å². The Kier molecular flexibility index (Phi) is 3.98. The number of hydrogen-bond donors (Lipinski definition) is 1. The molecular weight excluding hydrogens is 258 g/mol. The van der Waals surface area contributed by atoms with E-state index in [1.165, 1.54) is 22.3 Å². The highest BCUT2D eigenvalue weighted by Gasteiger charge is 2.31. The lowest BCUT2D eigenvalue weighted by atomic mass is 9.93. The highest BCUT2D eigenvalue weighted by atomic mass is 16.5. The normalized spacial score (nSPS) is 18.1. The second-order valence-corrected chi connectivity index (χ2v) is 5.86. The molecule has 2 aromatic rings. The van der Waals surface area contributed by atoms with Crippen molar-refractivity contribution in [1.82, 2.24) is 5.32 Å². The van der Waals surface area contributed by atoms with Gasteiger partial charge in [0.15, 0.2) is 0 Å². The summed E-state index contributed by atoms with van der Waals surface area (Å²) in [5.41, 5.74) is 5.30. The number of fused-ring (bicyclic) bond motifs is 1. The van der Waals surface area contributed by atoms with Crippen LogP contribution < -0.4 is 10.1 Å². The second kappa shape index (κ2) is 5.90. The smallest absolute Gasteiger partial charge is 0.123 e. The number of benzene rings is 2. The van der Waals surface area contributed by atoms with Gasteiger partial charge in [-0.15, -0.1) is 0 Å². The fourth-order valence-corrected chi connectivity index (χ4v) is 3.23. The van der Waals surface area contributed by atoms with Gasteiger partial charge in [-0.3, -0.25) is 0 Å². The molecule has 2 atom stereocenters. The van der Waals surface area contributed by atoms with Crippen LogP contribution in [0.3, 0.4) is 0 Å². The zero-order valence-electron chi connectivity index (χ0n) is 13.0. The average Bonchev–Trinajstić information content (AvgIpc) is 2.89. The molecule has 1 aliphatic heterocycles. The highest BCUT2D eigenvalue weighted by Crippen LogP contribution is 2.35. The van der Waals surface area contributed by atoms with Gasteiger partial charge in [0, 0.05) is 6.42 Å². The van der Waals surface area contributed by atoms with Crippen molar-refractivity contribution in [2.75, 3.05) is 6.54 Å². The first kappa shape index (κ1) is 14.2. The topological polar surface area (TPSA) is 21.3 Å². The van der Waals surface area contributed by atoms with Gasteiger partial charge in [0.2, 0.25) is 0 Å². The molecule has 0 spiro atoms. The van der Waals surface area contributed by atoms with E-state index in [9.17, 15) is 0 Å². The minimum absolute atomic E-state index is 0.170. The van der Waals surface area contributed by atoms with Crippen molar-refractivity contribution in [2.45, 2.75) is 39.3 Å². The Hall–Kier alpha value is -1.80. The number of aryl methyl sites for hydroxylation is 2. The number of likely N-dealkylation sites (N-methyl/N-ethyl adjacent to an activating group) is 1. The summed E-state index contributed by atoms with van der Waals surface area (Å²) in [4.78, 5) is 0. The molecule has 2 heteroatoms. The molecule has 0 radical (unpaired) electrons. The lowest BCUT2D eigenvalue weighted by Crippen LogP contribution is -2.35. The van der Waals surface area contributed by atoms with E-state index in [-0.39, 0.29) is 12.1 Å². The molecule has 0 saturated carbocycles. The Bertz CT molecular complexity index is 610. The molecule has 0 aromatic heterocycles. The van der Waals surface area contributed by atoms with Crippen LogP contribution in [0, 0.1) is 13.8 Å².